The molecule has 1 unspecified atom stereocenters. The van der Waals surface area contributed by atoms with E-state index in [0.29, 0.717) is 0 Å². The average molecular weight is 168 g/mol. The van der Waals surface area contributed by atoms with E-state index in [0.717, 1.165) is 0 Å². The Morgan fingerprint density at radius 2 is 1.55 bits per heavy atom. The van der Waals surface area contributed by atoms with E-state index in [-0.39, 0.29) is 7.92 Å². The lowest BCUT2D eigenvalue weighted by Crippen LogP contribution is -2.00. The first kappa shape index (κ1) is 9.00. The second-order valence-corrected chi connectivity index (χ2v) is 5.85. The van der Waals surface area contributed by atoms with Crippen LogP contribution in [0.3, 0.4) is 0 Å². The molecule has 1 aliphatic rings. The van der Waals surface area contributed by atoms with Gasteiger partial charge in [0.2, 0.25) is 0 Å². The second kappa shape index (κ2) is 3.11. The van der Waals surface area contributed by atoms with E-state index in [9.17, 15) is 0 Å². The Hall–Kier alpha value is -0.0900. The minimum atomic E-state index is 0.164. The molecule has 0 aliphatic carbocycles. The largest absolute Gasteiger partial charge is 0.0788 e. The van der Waals surface area contributed by atoms with Crippen LogP contribution in [-0.4, -0.2) is 12.8 Å². The van der Waals surface area contributed by atoms with Crippen LogP contribution in [0.4, 0.5) is 0 Å². The fraction of sp³-hybridized carbons (Fsp3) is 0.600. The molecule has 0 bridgehead atoms. The SMILES string of the molecule is CC1=C(C)C(C)=C(C)P(C)C1. The molecule has 11 heavy (non-hydrogen) atoms. The van der Waals surface area contributed by atoms with Crippen molar-refractivity contribution < 1.29 is 0 Å². The van der Waals surface area contributed by atoms with Crippen molar-refractivity contribution in [1.29, 1.82) is 0 Å². The summed E-state index contributed by atoms with van der Waals surface area (Å²) in [6, 6.07) is 0. The van der Waals surface area contributed by atoms with E-state index in [1.54, 1.807) is 16.5 Å². The highest BCUT2D eigenvalue weighted by Crippen LogP contribution is 2.48. The molecule has 1 atom stereocenters. The fourth-order valence-electron chi connectivity index (χ4n) is 1.47. The molecule has 0 nitrogen and oxygen atoms in total. The highest BCUT2D eigenvalue weighted by atomic mass is 31.1. The van der Waals surface area contributed by atoms with Crippen molar-refractivity contribution in [3.63, 3.8) is 0 Å². The highest BCUT2D eigenvalue weighted by Gasteiger charge is 2.15. The van der Waals surface area contributed by atoms with Gasteiger partial charge in [0.15, 0.2) is 0 Å². The molecule has 0 aromatic heterocycles. The van der Waals surface area contributed by atoms with Crippen LogP contribution in [0.5, 0.6) is 0 Å². The van der Waals surface area contributed by atoms with Crippen molar-refractivity contribution in [1.82, 2.24) is 0 Å². The zero-order valence-corrected chi connectivity index (χ0v) is 9.05. The molecule has 0 saturated heterocycles. The molecular weight excluding hydrogens is 151 g/mol. The van der Waals surface area contributed by atoms with E-state index in [1.807, 2.05) is 0 Å². The molecule has 1 heterocycles. The Labute approximate surface area is 71.1 Å². The van der Waals surface area contributed by atoms with Crippen molar-refractivity contribution in [3.05, 3.63) is 22.0 Å². The van der Waals surface area contributed by atoms with E-state index >= 15 is 0 Å². The zero-order chi connectivity index (χ0) is 8.59. The monoisotopic (exact) mass is 168 g/mol. The number of rotatable bonds is 0. The van der Waals surface area contributed by atoms with Gasteiger partial charge in [0.05, 0.1) is 0 Å². The van der Waals surface area contributed by atoms with Crippen molar-refractivity contribution in [2.45, 2.75) is 27.7 Å². The highest BCUT2D eigenvalue weighted by molar-refractivity contribution is 7.61. The molecule has 0 N–H and O–H groups in total. The average Bonchev–Trinajstić information content (AvgIpc) is 1.97. The molecule has 1 rings (SSSR count). The molecule has 0 aromatic rings. The first-order valence-electron chi connectivity index (χ1n) is 4.09. The number of hydrogen-bond donors (Lipinski definition) is 0. The minimum absolute atomic E-state index is 0.164. The maximum absolute atomic E-state index is 2.38. The maximum atomic E-state index is 2.38. The first-order valence-corrected chi connectivity index (χ1v) is 6.06. The molecule has 0 amide bonds. The molecule has 0 spiro atoms. The van der Waals surface area contributed by atoms with Gasteiger partial charge in [-0.25, -0.2) is 0 Å². The van der Waals surface area contributed by atoms with Crippen molar-refractivity contribution >= 4 is 7.92 Å². The van der Waals surface area contributed by atoms with Gasteiger partial charge in [0.25, 0.3) is 0 Å². The first-order chi connectivity index (χ1) is 5.04. The topological polar surface area (TPSA) is 0 Å². The normalized spacial score (nSPS) is 26.5. The standard InChI is InChI=1S/C10H17P/c1-7-6-11(5)10(4)9(3)8(7)2/h6H2,1-5H3. The van der Waals surface area contributed by atoms with Gasteiger partial charge in [0.1, 0.15) is 0 Å². The van der Waals surface area contributed by atoms with Crippen LogP contribution >= 0.6 is 7.92 Å². The van der Waals surface area contributed by atoms with Crippen LogP contribution in [-0.2, 0) is 0 Å². The van der Waals surface area contributed by atoms with Gasteiger partial charge in [-0.3, -0.25) is 0 Å². The van der Waals surface area contributed by atoms with E-state index in [4.69, 9.17) is 0 Å². The lowest BCUT2D eigenvalue weighted by atomic mass is 10.0. The van der Waals surface area contributed by atoms with Crippen LogP contribution in [0.15, 0.2) is 22.0 Å². The third-order valence-electron chi connectivity index (χ3n) is 2.79. The Bertz CT molecular complexity index is 233. The fourth-order valence-corrected chi connectivity index (χ4v) is 3.40. The predicted octanol–water partition coefficient (Wildman–Crippen LogP) is 3.74. The summed E-state index contributed by atoms with van der Waals surface area (Å²) in [7, 11) is 0.164. The van der Waals surface area contributed by atoms with Crippen LogP contribution in [0.25, 0.3) is 0 Å². The molecule has 0 aromatic carbocycles. The summed E-state index contributed by atoms with van der Waals surface area (Å²) in [5, 5.41) is 1.64. The molecule has 1 aliphatic heterocycles. The molecule has 0 saturated carbocycles. The molecule has 0 fully saturated rings. The molecule has 1 heteroatoms. The zero-order valence-electron chi connectivity index (χ0n) is 8.15. The van der Waals surface area contributed by atoms with Gasteiger partial charge in [-0.1, -0.05) is 13.5 Å². The van der Waals surface area contributed by atoms with E-state index in [1.165, 1.54) is 11.7 Å². The van der Waals surface area contributed by atoms with Crippen LogP contribution < -0.4 is 0 Å². The molecule has 0 radical (unpaired) electrons. The second-order valence-electron chi connectivity index (χ2n) is 3.47. The minimum Gasteiger partial charge on any atom is -0.0788 e. The van der Waals surface area contributed by atoms with E-state index in [2.05, 4.69) is 34.4 Å². The summed E-state index contributed by atoms with van der Waals surface area (Å²) >= 11 is 0. The van der Waals surface area contributed by atoms with Crippen molar-refractivity contribution in [3.8, 4) is 0 Å². The summed E-state index contributed by atoms with van der Waals surface area (Å²) in [6.07, 6.45) is 1.32. The van der Waals surface area contributed by atoms with Gasteiger partial charge in [-0.2, -0.15) is 0 Å². The van der Waals surface area contributed by atoms with Gasteiger partial charge in [0, 0.05) is 0 Å². The Balaban J connectivity index is 3.07. The lowest BCUT2D eigenvalue weighted by Gasteiger charge is -2.24. The van der Waals surface area contributed by atoms with Crippen molar-refractivity contribution in [2.75, 3.05) is 12.8 Å². The van der Waals surface area contributed by atoms with Gasteiger partial charge in [-0.05, 0) is 57.0 Å². The Morgan fingerprint density at radius 3 is 2.09 bits per heavy atom. The third kappa shape index (κ3) is 1.56. The lowest BCUT2D eigenvalue weighted by molar-refractivity contribution is 1.19. The third-order valence-corrected chi connectivity index (χ3v) is 5.22. The van der Waals surface area contributed by atoms with Crippen LogP contribution in [0.2, 0.25) is 0 Å². The maximum Gasteiger partial charge on any atom is -0.00766 e. The van der Waals surface area contributed by atoms with Gasteiger partial charge in [-0.15, -0.1) is 0 Å². The summed E-state index contributed by atoms with van der Waals surface area (Å²) in [5.74, 6) is 0. The smallest absolute Gasteiger partial charge is 0.00766 e. The van der Waals surface area contributed by atoms with Crippen LogP contribution in [0, 0.1) is 0 Å². The van der Waals surface area contributed by atoms with Crippen LogP contribution in [0.1, 0.15) is 27.7 Å². The Kier molecular flexibility index (Phi) is 2.54. The van der Waals surface area contributed by atoms with Gasteiger partial charge < -0.3 is 0 Å². The molecule has 62 valence electrons. The van der Waals surface area contributed by atoms with Gasteiger partial charge >= 0.3 is 0 Å². The summed E-state index contributed by atoms with van der Waals surface area (Å²) in [5.41, 5.74) is 4.67. The summed E-state index contributed by atoms with van der Waals surface area (Å²) < 4.78 is 0. The quantitative estimate of drug-likeness (QED) is 0.483. The number of allylic oxidation sites excluding steroid dienone is 4. The van der Waals surface area contributed by atoms with Crippen molar-refractivity contribution in [2.24, 2.45) is 0 Å². The van der Waals surface area contributed by atoms with E-state index < -0.39 is 0 Å². The Morgan fingerprint density at radius 1 is 1.00 bits per heavy atom. The molecular formula is C10H17P. The number of hydrogen-bond acceptors (Lipinski definition) is 0. The predicted molar refractivity (Wildman–Crippen MR) is 54.5 cm³/mol. The summed E-state index contributed by atoms with van der Waals surface area (Å²) in [4.78, 5) is 0. The summed E-state index contributed by atoms with van der Waals surface area (Å²) in [6.45, 7) is 11.4.